The van der Waals surface area contributed by atoms with E-state index in [1.807, 2.05) is 0 Å². The van der Waals surface area contributed by atoms with Crippen molar-refractivity contribution in [1.29, 1.82) is 0 Å². The molecule has 0 saturated heterocycles. The van der Waals surface area contributed by atoms with Gasteiger partial charge in [-0.25, -0.2) is 12.8 Å². The maximum absolute atomic E-state index is 12.8. The van der Waals surface area contributed by atoms with Crippen LogP contribution in [0.15, 0.2) is 0 Å². The molecular weight excluding hydrogens is 355 g/mol. The minimum atomic E-state index is -6.85. The summed E-state index contributed by atoms with van der Waals surface area (Å²) < 4.78 is 128. The summed E-state index contributed by atoms with van der Waals surface area (Å²) in [6, 6.07) is 0. The van der Waals surface area contributed by atoms with Crippen LogP contribution in [0.25, 0.3) is 0 Å². The molecule has 1 atom stereocenters. The molecule has 0 aliphatic carbocycles. The molecule has 1 unspecified atom stereocenters. The molecule has 0 amide bonds. The zero-order valence-electron chi connectivity index (χ0n) is 9.86. The van der Waals surface area contributed by atoms with Gasteiger partial charge in [-0.3, -0.25) is 0 Å². The third-order valence-electron chi connectivity index (χ3n) is 2.01. The summed E-state index contributed by atoms with van der Waals surface area (Å²) in [5, 5.41) is -6.24. The Labute approximate surface area is 151 Å². The van der Waals surface area contributed by atoms with E-state index in [0.29, 0.717) is 0 Å². The summed E-state index contributed by atoms with van der Waals surface area (Å²) >= 11 is 0. The van der Waals surface area contributed by atoms with Crippen molar-refractivity contribution in [3.8, 4) is 0 Å². The van der Waals surface area contributed by atoms with E-state index in [1.54, 1.807) is 0 Å². The van der Waals surface area contributed by atoms with Gasteiger partial charge in [0, 0.05) is 6.42 Å². The van der Waals surface area contributed by atoms with Crippen molar-refractivity contribution in [2.75, 3.05) is 0 Å². The van der Waals surface area contributed by atoms with Gasteiger partial charge in [0.2, 0.25) is 0 Å². The Bertz CT molecular complexity index is 407. The van der Waals surface area contributed by atoms with Crippen LogP contribution >= 0.6 is 0 Å². The van der Waals surface area contributed by atoms with E-state index in [2.05, 4.69) is 0 Å². The third-order valence-corrected chi connectivity index (χ3v) is 2.91. The van der Waals surface area contributed by atoms with Gasteiger partial charge in [0.1, 0.15) is 0 Å². The molecule has 0 spiro atoms. The summed E-state index contributed by atoms with van der Waals surface area (Å²) in [6.45, 7) is 0. The third kappa shape index (κ3) is 6.00. The van der Waals surface area contributed by atoms with E-state index in [0.717, 1.165) is 0 Å². The Kier molecular flexibility index (Phi) is 8.73. The van der Waals surface area contributed by atoms with Gasteiger partial charge >= 0.3 is 68.7 Å². The zero-order chi connectivity index (χ0) is 15.7. The van der Waals surface area contributed by atoms with Gasteiger partial charge in [-0.1, -0.05) is 0 Å². The Morgan fingerprint density at radius 2 is 1.40 bits per heavy atom. The summed E-state index contributed by atoms with van der Waals surface area (Å²) in [5.41, 5.74) is 0. The first-order valence-electron chi connectivity index (χ1n) is 4.55. The Morgan fingerprint density at radius 1 is 1.00 bits per heavy atom. The van der Waals surface area contributed by atoms with Crippen molar-refractivity contribution in [1.82, 2.24) is 0 Å². The molecule has 0 aromatic heterocycles. The molecule has 0 aliphatic rings. The zero-order valence-corrected chi connectivity index (χ0v) is 13.8. The van der Waals surface area contributed by atoms with Crippen LogP contribution in [-0.4, -0.2) is 36.5 Å². The second-order valence-electron chi connectivity index (χ2n) is 3.57. The van der Waals surface area contributed by atoms with Crippen molar-refractivity contribution < 1.29 is 99.5 Å². The summed E-state index contributed by atoms with van der Waals surface area (Å²) in [4.78, 5) is 0. The van der Waals surface area contributed by atoms with Gasteiger partial charge in [0.25, 0.3) is 0 Å². The average molecular weight is 362 g/mol. The van der Waals surface area contributed by atoms with Gasteiger partial charge in [-0.2, -0.15) is 30.7 Å². The van der Waals surface area contributed by atoms with Crippen molar-refractivity contribution in [3.05, 3.63) is 0 Å². The van der Waals surface area contributed by atoms with E-state index in [1.165, 1.54) is 0 Å². The Balaban J connectivity index is 0. The maximum atomic E-state index is 12.8. The predicted molar refractivity (Wildman–Crippen MR) is 44.4 cm³/mol. The standard InChI is InChI=1S/C7H8F8O3S.K/c8-4(2-1-3-5(9,10)11)6(12,13)7(14,15)19(16,17)18;/h4H,1-3H2,(H,16,17,18);/q;+1/p-1. The van der Waals surface area contributed by atoms with Gasteiger partial charge < -0.3 is 4.55 Å². The molecule has 116 valence electrons. The van der Waals surface area contributed by atoms with Crippen LogP contribution in [0.3, 0.4) is 0 Å². The molecule has 0 N–H and O–H groups in total. The van der Waals surface area contributed by atoms with Crippen molar-refractivity contribution in [3.63, 3.8) is 0 Å². The fourth-order valence-electron chi connectivity index (χ4n) is 1.01. The van der Waals surface area contributed by atoms with E-state index in [4.69, 9.17) is 0 Å². The minimum Gasteiger partial charge on any atom is -0.743 e. The number of rotatable bonds is 6. The first-order chi connectivity index (χ1) is 8.13. The summed E-state index contributed by atoms with van der Waals surface area (Å²) in [5.74, 6) is -5.90. The SMILES string of the molecule is O=S(=O)([O-])C(F)(F)C(F)(F)C(F)CCCC(F)(F)F.[K+]. The molecule has 0 bridgehead atoms. The van der Waals surface area contributed by atoms with E-state index in [9.17, 15) is 48.1 Å². The first-order valence-corrected chi connectivity index (χ1v) is 5.95. The fraction of sp³-hybridized carbons (Fsp3) is 1.00. The Morgan fingerprint density at radius 3 is 1.70 bits per heavy atom. The molecule has 0 aromatic carbocycles. The quantitative estimate of drug-likeness (QED) is 0.375. The molecule has 0 rings (SSSR count). The fourth-order valence-corrected chi connectivity index (χ4v) is 1.47. The molecule has 13 heteroatoms. The molecular formula is C7H7F8KO3S. The van der Waals surface area contributed by atoms with E-state index >= 15 is 0 Å². The molecule has 0 aliphatic heterocycles. The van der Waals surface area contributed by atoms with Crippen LogP contribution in [0.2, 0.25) is 0 Å². The van der Waals surface area contributed by atoms with Crippen LogP contribution in [-0.2, 0) is 10.1 Å². The van der Waals surface area contributed by atoms with Crippen LogP contribution in [0, 0.1) is 0 Å². The average Bonchev–Trinajstić information content (AvgIpc) is 2.13. The first kappa shape index (κ1) is 23.3. The van der Waals surface area contributed by atoms with Gasteiger partial charge in [0.05, 0.1) is 0 Å². The summed E-state index contributed by atoms with van der Waals surface area (Å²) in [7, 11) is -6.85. The van der Waals surface area contributed by atoms with Crippen LogP contribution in [0.5, 0.6) is 0 Å². The van der Waals surface area contributed by atoms with E-state index in [-0.39, 0.29) is 51.4 Å². The largest absolute Gasteiger partial charge is 1.00 e. The van der Waals surface area contributed by atoms with Gasteiger partial charge in [-0.05, 0) is 12.8 Å². The van der Waals surface area contributed by atoms with Crippen LogP contribution < -0.4 is 51.4 Å². The molecule has 0 heterocycles. The summed E-state index contributed by atoms with van der Waals surface area (Å²) in [6.07, 6.45) is -13.3. The molecule has 0 saturated carbocycles. The van der Waals surface area contributed by atoms with Crippen molar-refractivity contribution in [2.24, 2.45) is 0 Å². The molecule has 3 nitrogen and oxygen atoms in total. The minimum absolute atomic E-state index is 0. The topological polar surface area (TPSA) is 57.2 Å². The smallest absolute Gasteiger partial charge is 0.743 e. The number of alkyl halides is 8. The normalized spacial score (nSPS) is 15.7. The molecule has 20 heavy (non-hydrogen) atoms. The maximum Gasteiger partial charge on any atom is 1.00 e. The van der Waals surface area contributed by atoms with Crippen LogP contribution in [0.4, 0.5) is 35.1 Å². The molecule has 0 radical (unpaired) electrons. The second-order valence-corrected chi connectivity index (χ2v) is 4.99. The Hall–Kier alpha value is 0.986. The molecule has 0 aromatic rings. The van der Waals surface area contributed by atoms with E-state index < -0.39 is 52.9 Å². The number of hydrogen-bond acceptors (Lipinski definition) is 3. The second kappa shape index (κ2) is 7.50. The van der Waals surface area contributed by atoms with Gasteiger partial charge in [-0.15, -0.1) is 0 Å². The van der Waals surface area contributed by atoms with Crippen molar-refractivity contribution >= 4 is 10.1 Å². The monoisotopic (exact) mass is 362 g/mol. The molecule has 0 fully saturated rings. The van der Waals surface area contributed by atoms with Gasteiger partial charge in [0.15, 0.2) is 16.3 Å². The number of hydrogen-bond donors (Lipinski definition) is 0. The predicted octanol–water partition coefficient (Wildman–Crippen LogP) is -0.166. The van der Waals surface area contributed by atoms with Crippen molar-refractivity contribution in [2.45, 2.75) is 42.8 Å². The van der Waals surface area contributed by atoms with Crippen LogP contribution in [0.1, 0.15) is 19.3 Å². The number of halogens is 8.